The van der Waals surface area contributed by atoms with E-state index >= 15 is 0 Å². The van der Waals surface area contributed by atoms with Gasteiger partial charge in [0.25, 0.3) is 0 Å². The van der Waals surface area contributed by atoms with Crippen LogP contribution in [-0.2, 0) is 0 Å². The summed E-state index contributed by atoms with van der Waals surface area (Å²) < 4.78 is 3.34. The molecule has 1 nitrogen and oxygen atoms in total. The van der Waals surface area contributed by atoms with E-state index in [4.69, 9.17) is 0 Å². The van der Waals surface area contributed by atoms with Gasteiger partial charge in [-0.1, -0.05) is 402 Å². The molecule has 78 heavy (non-hydrogen) atoms. The maximum Gasteiger partial charge on any atom is 0.0867 e. The summed E-state index contributed by atoms with van der Waals surface area (Å²) in [6.07, 6.45) is 29.3. The van der Waals surface area contributed by atoms with Crippen molar-refractivity contribution in [3.63, 3.8) is 0 Å². The first-order chi connectivity index (χ1) is 38.1. The van der Waals surface area contributed by atoms with Crippen molar-refractivity contribution in [2.45, 2.75) is 303 Å². The molecule has 7 heteroatoms. The summed E-state index contributed by atoms with van der Waals surface area (Å²) in [6, 6.07) is 61.4. The lowest BCUT2D eigenvalue weighted by molar-refractivity contribution is 0.510. The number of benzene rings is 4. The van der Waals surface area contributed by atoms with E-state index in [-0.39, 0.29) is 0 Å². The van der Waals surface area contributed by atoms with Gasteiger partial charge in [0.15, 0.2) is 0 Å². The Hall–Kier alpha value is -1.43. The summed E-state index contributed by atoms with van der Waals surface area (Å²) in [5.41, 5.74) is 0. The summed E-state index contributed by atoms with van der Waals surface area (Å²) in [5.74, 6) is 0. The minimum atomic E-state index is -1.74. The van der Waals surface area contributed by atoms with Gasteiger partial charge in [0.05, 0.1) is 32.3 Å². The van der Waals surface area contributed by atoms with Crippen LogP contribution in [0.4, 0.5) is 0 Å². The maximum atomic E-state index is 3.34. The molecule has 0 atom stereocenters. The molecule has 4 aromatic carbocycles. The summed E-state index contributed by atoms with van der Waals surface area (Å²) in [4.78, 5) is 0. The fourth-order valence-corrected chi connectivity index (χ4v) is 44.0. The molecule has 0 spiro atoms. The number of nitrogens with zero attached hydrogens (tertiary/aromatic N) is 1. The summed E-state index contributed by atoms with van der Waals surface area (Å²) in [5, 5.41) is 13.6. The molecule has 0 unspecified atom stereocenters. The average Bonchev–Trinajstić information content (AvgIpc) is 4.11. The molecular weight excluding hydrogens is 1040 g/mol. The van der Waals surface area contributed by atoms with E-state index in [1.807, 2.05) is 0 Å². The number of rotatable bonds is 41. The molecule has 4 aromatic rings. The largest absolute Gasteiger partial charge is 0.242 e. The molecule has 0 radical (unpaired) electrons. The van der Waals surface area contributed by atoms with E-state index in [9.17, 15) is 0 Å². The molecule has 0 saturated heterocycles. The highest BCUT2D eigenvalue weighted by atomic mass is 31.2. The third kappa shape index (κ3) is 17.6. The van der Waals surface area contributed by atoms with Crippen LogP contribution in [0.25, 0.3) is 0 Å². The predicted octanol–water partition coefficient (Wildman–Crippen LogP) is 20.2. The normalized spacial score (nSPS) is 14.0. The second-order valence-corrected chi connectivity index (χ2v) is 48.4. The van der Waals surface area contributed by atoms with Crippen LogP contribution in [0.2, 0.25) is 72.5 Å². The lowest BCUT2D eigenvalue weighted by atomic mass is 10.3. The van der Waals surface area contributed by atoms with Crippen LogP contribution in [0, 0.1) is 0 Å². The molecule has 0 aliphatic heterocycles. The fourth-order valence-electron chi connectivity index (χ4n) is 15.4. The molecule has 0 amide bonds. The van der Waals surface area contributed by atoms with Crippen LogP contribution in [0.1, 0.15) is 224 Å². The van der Waals surface area contributed by atoms with Crippen molar-refractivity contribution in [3.05, 3.63) is 97.1 Å². The van der Waals surface area contributed by atoms with Gasteiger partial charge < -0.3 is 0 Å². The second-order valence-electron chi connectivity index (χ2n) is 25.3. The van der Waals surface area contributed by atoms with Gasteiger partial charge in [-0.25, -0.2) is 4.44 Å². The first kappa shape index (κ1) is 67.4. The molecule has 1 saturated carbocycles. The third-order valence-electron chi connectivity index (χ3n) is 19.3. The summed E-state index contributed by atoms with van der Waals surface area (Å²) in [7, 11) is -8.62. The van der Waals surface area contributed by atoms with Crippen molar-refractivity contribution in [2.24, 2.45) is 0 Å². The van der Waals surface area contributed by atoms with E-state index < -0.39 is 48.4 Å². The number of unbranched alkanes of at least 4 members (excludes halogenated alkanes) is 6. The van der Waals surface area contributed by atoms with E-state index in [0.717, 1.165) is 0 Å². The van der Waals surface area contributed by atoms with E-state index in [1.165, 1.54) is 214 Å². The topological polar surface area (TPSA) is 3.24 Å². The van der Waals surface area contributed by atoms with Crippen molar-refractivity contribution in [1.82, 2.24) is 4.44 Å². The van der Waals surface area contributed by atoms with Crippen LogP contribution >= 0.6 is 16.1 Å². The van der Waals surface area contributed by atoms with Gasteiger partial charge in [-0.3, -0.25) is 0 Å². The first-order valence-electron chi connectivity index (χ1n) is 33.9. The minimum absolute atomic E-state index is 0.556. The Balaban J connectivity index is 1.93. The van der Waals surface area contributed by atoms with Crippen LogP contribution < -0.4 is 42.0 Å². The van der Waals surface area contributed by atoms with Gasteiger partial charge in [-0.05, 0) is 34.1 Å². The lowest BCUT2D eigenvalue weighted by Gasteiger charge is -2.44. The van der Waals surface area contributed by atoms with Crippen molar-refractivity contribution in [2.75, 3.05) is 0 Å². The third-order valence-corrected chi connectivity index (χ3v) is 47.8. The van der Waals surface area contributed by atoms with Crippen LogP contribution in [0.3, 0.4) is 0 Å². The second kappa shape index (κ2) is 35.6. The van der Waals surface area contributed by atoms with Crippen LogP contribution in [0.15, 0.2) is 97.1 Å². The molecule has 0 heterocycles. The Morgan fingerprint density at radius 2 is 0.577 bits per heavy atom. The molecule has 0 N–H and O–H groups in total. The monoisotopic (exact) mass is 1160 g/mol. The van der Waals surface area contributed by atoms with Gasteiger partial charge >= 0.3 is 0 Å². The highest BCUT2D eigenvalue weighted by molar-refractivity contribution is 7.84. The van der Waals surface area contributed by atoms with Crippen LogP contribution in [-0.4, -0.2) is 42.8 Å². The highest BCUT2D eigenvalue weighted by Crippen LogP contribution is 2.58. The van der Waals surface area contributed by atoms with Crippen molar-refractivity contribution in [3.8, 4) is 0 Å². The lowest BCUT2D eigenvalue weighted by Crippen LogP contribution is -2.49. The maximum absolute atomic E-state index is 3.34. The number of hydrogen-bond donors (Lipinski definition) is 0. The Labute approximate surface area is 491 Å². The molecule has 0 bridgehead atoms. The molecule has 436 valence electrons. The zero-order valence-corrected chi connectivity index (χ0v) is 59.0. The van der Waals surface area contributed by atoms with Gasteiger partial charge in [0, 0.05) is 22.2 Å². The number of hydrogen-bond acceptors (Lipinski definition) is 1. The van der Waals surface area contributed by atoms with Gasteiger partial charge in [-0.15, -0.1) is 0 Å². The van der Waals surface area contributed by atoms with E-state index in [1.54, 1.807) is 42.0 Å². The highest BCUT2D eigenvalue weighted by Gasteiger charge is 2.42. The zero-order valence-electron chi connectivity index (χ0n) is 53.2. The predicted molar refractivity (Wildman–Crippen MR) is 373 cm³/mol. The molecule has 1 aliphatic carbocycles. The van der Waals surface area contributed by atoms with E-state index in [2.05, 4.69) is 185 Å². The standard InChI is InChI=1S/C71H121NP2Si4/c1-13-25-55-77(56-26-14-2,57-27-15-3)68-45-41-64(42-46-68)73(65-43-47-69(48-44-65)78(58-28-16-4,59-29-17-5)60-30-18-6)72(63-35-31-32-36-63)74(66-37-33-39-70(61-66)75(49-19-7,50-20-8)51-21-9)67-38-34-40-71(62-67)76(52-22-10,53-23-11)54-24-12/h33-34,37-48,61-63H,13-32,35-36,49-60H2,1-12H3. The van der Waals surface area contributed by atoms with Gasteiger partial charge in [-0.2, -0.15) is 0 Å². The van der Waals surface area contributed by atoms with Crippen LogP contribution in [0.5, 0.6) is 0 Å². The first-order valence-corrected chi connectivity index (χ1v) is 47.0. The average molecular weight is 1160 g/mol. The summed E-state index contributed by atoms with van der Waals surface area (Å²) >= 11 is 0. The molecular formula is C71H121NP2Si4. The molecule has 5 rings (SSSR count). The molecule has 1 aliphatic rings. The Morgan fingerprint density at radius 3 is 0.846 bits per heavy atom. The van der Waals surface area contributed by atoms with Crippen molar-refractivity contribution < 1.29 is 0 Å². The summed E-state index contributed by atoms with van der Waals surface area (Å²) in [6.45, 7) is 29.5. The molecule has 1 fully saturated rings. The van der Waals surface area contributed by atoms with Crippen molar-refractivity contribution in [1.29, 1.82) is 0 Å². The minimum Gasteiger partial charge on any atom is -0.242 e. The van der Waals surface area contributed by atoms with Gasteiger partial charge in [0.1, 0.15) is 0 Å². The molecule has 0 aromatic heterocycles. The Bertz CT molecular complexity index is 2000. The fraction of sp³-hybridized carbons (Fsp3) is 0.662. The zero-order chi connectivity index (χ0) is 56.3. The smallest absolute Gasteiger partial charge is 0.0867 e. The van der Waals surface area contributed by atoms with Gasteiger partial charge in [0.2, 0.25) is 0 Å². The Kier molecular flexibility index (Phi) is 30.8. The van der Waals surface area contributed by atoms with Crippen molar-refractivity contribution >= 4 is 90.4 Å². The SMILES string of the molecule is CCCC[Si](CCCC)(CCCC)c1ccc(P(c2ccc([Si](CCCC)(CCCC)CCCC)cc2)N(C2CCCC2)P(c2cccc([Si](CCC)(CCC)CCC)c2)c2cccc([Si](CCC)(CCC)CCC)c2)cc1. The van der Waals surface area contributed by atoms with E-state index in [0.29, 0.717) is 6.04 Å². The quantitative estimate of drug-likeness (QED) is 0.0316. The Morgan fingerprint density at radius 1 is 0.308 bits per heavy atom.